The Balaban J connectivity index is 1.49. The number of hydrogen-bond acceptors (Lipinski definition) is 7. The highest BCUT2D eigenvalue weighted by molar-refractivity contribution is 5.90. The normalized spacial score (nSPS) is 16.8. The van der Waals surface area contributed by atoms with Crippen LogP contribution >= 0.6 is 0 Å². The molecule has 3 aromatic rings. The molecule has 0 spiro atoms. The van der Waals surface area contributed by atoms with Crippen molar-refractivity contribution in [3.63, 3.8) is 0 Å². The molecular formula is C25H29F3N6O2. The van der Waals surface area contributed by atoms with Gasteiger partial charge in [0.05, 0.1) is 11.9 Å². The van der Waals surface area contributed by atoms with Crippen molar-refractivity contribution in [3.8, 4) is 11.1 Å². The molecule has 1 saturated heterocycles. The number of piperazine rings is 1. The number of amides is 1. The van der Waals surface area contributed by atoms with Crippen LogP contribution in [-0.2, 0) is 12.0 Å². The van der Waals surface area contributed by atoms with E-state index < -0.39 is 18.1 Å². The first-order valence-electron chi connectivity index (χ1n) is 11.6. The number of carbonyl (C=O) groups is 1. The lowest BCUT2D eigenvalue weighted by Crippen LogP contribution is -2.57. The van der Waals surface area contributed by atoms with Gasteiger partial charge in [-0.25, -0.2) is 0 Å². The monoisotopic (exact) mass is 502 g/mol. The van der Waals surface area contributed by atoms with Crippen molar-refractivity contribution in [2.75, 3.05) is 24.5 Å². The van der Waals surface area contributed by atoms with Crippen LogP contribution in [0.4, 0.5) is 18.9 Å². The number of halogens is 3. The predicted molar refractivity (Wildman–Crippen MR) is 129 cm³/mol. The molecule has 1 atom stereocenters. The van der Waals surface area contributed by atoms with E-state index in [1.54, 1.807) is 23.4 Å². The molecule has 1 aromatic carbocycles. The van der Waals surface area contributed by atoms with Gasteiger partial charge in [-0.15, -0.1) is 0 Å². The van der Waals surface area contributed by atoms with Crippen molar-refractivity contribution in [1.29, 1.82) is 0 Å². The lowest BCUT2D eigenvalue weighted by Gasteiger charge is -2.36. The van der Waals surface area contributed by atoms with Crippen molar-refractivity contribution in [2.24, 2.45) is 0 Å². The molecule has 0 bridgehead atoms. The second-order valence-corrected chi connectivity index (χ2v) is 9.88. The molecule has 3 heterocycles. The Kier molecular flexibility index (Phi) is 7.03. The second-order valence-electron chi connectivity index (χ2n) is 9.88. The third-order valence-electron chi connectivity index (χ3n) is 6.07. The summed E-state index contributed by atoms with van der Waals surface area (Å²) in [6.07, 6.45) is -1.09. The summed E-state index contributed by atoms with van der Waals surface area (Å²) in [6.45, 7) is 8.42. The fourth-order valence-electron chi connectivity index (χ4n) is 4.01. The van der Waals surface area contributed by atoms with Gasteiger partial charge in [-0.05, 0) is 29.7 Å². The quantitative estimate of drug-likeness (QED) is 0.544. The number of carbonyl (C=O) groups excluding carboxylic acids is 1. The lowest BCUT2D eigenvalue weighted by molar-refractivity contribution is -0.155. The third-order valence-corrected chi connectivity index (χ3v) is 6.07. The standard InChI is InChI=1S/C25H29F3N6O2/c1-15-11-16(5-6-17(15)12-31-22(35)21-32-23(36-33-21)24(2,3)4)18-7-8-29-13-19(18)34-10-9-30-20(14-34)25(26,27)28/h5-8,11,13,20,30H,9-10,12,14H2,1-4H3,(H,31,35). The summed E-state index contributed by atoms with van der Waals surface area (Å²) in [4.78, 5) is 22.5. The summed E-state index contributed by atoms with van der Waals surface area (Å²) >= 11 is 0. The van der Waals surface area contributed by atoms with E-state index in [1.165, 1.54) is 0 Å². The van der Waals surface area contributed by atoms with E-state index in [1.807, 2.05) is 45.9 Å². The highest BCUT2D eigenvalue weighted by atomic mass is 19.4. The van der Waals surface area contributed by atoms with Crippen LogP contribution in [0.25, 0.3) is 11.1 Å². The lowest BCUT2D eigenvalue weighted by atomic mass is 9.97. The van der Waals surface area contributed by atoms with Gasteiger partial charge in [0.2, 0.25) is 5.89 Å². The summed E-state index contributed by atoms with van der Waals surface area (Å²) in [5.41, 5.74) is 3.76. The maximum absolute atomic E-state index is 13.3. The number of benzene rings is 1. The van der Waals surface area contributed by atoms with E-state index in [4.69, 9.17) is 4.52 Å². The van der Waals surface area contributed by atoms with Crippen molar-refractivity contribution in [2.45, 2.75) is 51.9 Å². The molecule has 1 amide bonds. The maximum atomic E-state index is 13.3. The molecule has 0 aliphatic carbocycles. The molecule has 36 heavy (non-hydrogen) atoms. The predicted octanol–water partition coefficient (Wildman–Crippen LogP) is 4.01. The Morgan fingerprint density at radius 1 is 1.25 bits per heavy atom. The van der Waals surface area contributed by atoms with E-state index in [9.17, 15) is 18.0 Å². The van der Waals surface area contributed by atoms with Crippen molar-refractivity contribution >= 4 is 11.6 Å². The van der Waals surface area contributed by atoms with Crippen LogP contribution in [-0.4, -0.2) is 52.9 Å². The smallest absolute Gasteiger partial charge is 0.367 e. The van der Waals surface area contributed by atoms with Crippen LogP contribution in [0.2, 0.25) is 0 Å². The number of aryl methyl sites for hydroxylation is 1. The van der Waals surface area contributed by atoms with Crippen molar-refractivity contribution in [1.82, 2.24) is 25.8 Å². The number of nitrogens with one attached hydrogen (secondary N) is 2. The largest absolute Gasteiger partial charge is 0.405 e. The first-order chi connectivity index (χ1) is 16.9. The Hall–Kier alpha value is -3.47. The summed E-state index contributed by atoms with van der Waals surface area (Å²) in [5.74, 6) is -0.0803. The maximum Gasteiger partial charge on any atom is 0.405 e. The van der Waals surface area contributed by atoms with E-state index in [-0.39, 0.29) is 30.9 Å². The summed E-state index contributed by atoms with van der Waals surface area (Å²) in [6, 6.07) is 5.95. The molecule has 11 heteroatoms. The third kappa shape index (κ3) is 5.67. The molecular weight excluding hydrogens is 473 g/mol. The number of rotatable bonds is 5. The molecule has 1 unspecified atom stereocenters. The molecule has 8 nitrogen and oxygen atoms in total. The van der Waals surface area contributed by atoms with Crippen LogP contribution in [0.15, 0.2) is 41.2 Å². The first-order valence-corrected chi connectivity index (χ1v) is 11.6. The number of alkyl halides is 3. The van der Waals surface area contributed by atoms with Crippen LogP contribution in [0.3, 0.4) is 0 Å². The molecule has 0 saturated carbocycles. The van der Waals surface area contributed by atoms with Gasteiger partial charge in [0.1, 0.15) is 6.04 Å². The highest BCUT2D eigenvalue weighted by Crippen LogP contribution is 2.33. The minimum absolute atomic E-state index is 0.0243. The Morgan fingerprint density at radius 2 is 2.03 bits per heavy atom. The van der Waals surface area contributed by atoms with Crippen LogP contribution in [0.1, 0.15) is 48.4 Å². The van der Waals surface area contributed by atoms with E-state index in [0.717, 1.165) is 22.3 Å². The van der Waals surface area contributed by atoms with Crippen molar-refractivity contribution < 1.29 is 22.5 Å². The minimum atomic E-state index is -4.32. The zero-order valence-electron chi connectivity index (χ0n) is 20.6. The number of nitrogens with zero attached hydrogens (tertiary/aromatic N) is 4. The number of hydrogen-bond donors (Lipinski definition) is 2. The van der Waals surface area contributed by atoms with Crippen LogP contribution in [0, 0.1) is 6.92 Å². The molecule has 1 fully saturated rings. The average molecular weight is 503 g/mol. The fourth-order valence-corrected chi connectivity index (χ4v) is 4.01. The summed E-state index contributed by atoms with van der Waals surface area (Å²) in [5, 5.41) is 9.11. The molecule has 0 radical (unpaired) electrons. The number of aromatic nitrogens is 3. The minimum Gasteiger partial charge on any atom is -0.367 e. The Labute approximate surface area is 207 Å². The molecule has 4 rings (SSSR count). The van der Waals surface area contributed by atoms with Gasteiger partial charge in [0.25, 0.3) is 11.7 Å². The van der Waals surface area contributed by atoms with Gasteiger partial charge < -0.3 is 20.1 Å². The SMILES string of the molecule is Cc1cc(-c2ccncc2N2CCNC(C(F)(F)F)C2)ccc1CNC(=O)c1noc(C(C)(C)C)n1. The molecule has 2 N–H and O–H groups in total. The van der Waals surface area contributed by atoms with Gasteiger partial charge >= 0.3 is 6.18 Å². The van der Waals surface area contributed by atoms with E-state index >= 15 is 0 Å². The average Bonchev–Trinajstić information content (AvgIpc) is 3.34. The van der Waals surface area contributed by atoms with Crippen molar-refractivity contribution in [3.05, 3.63) is 59.5 Å². The fraction of sp³-hybridized carbons (Fsp3) is 0.440. The second kappa shape index (κ2) is 9.88. The zero-order valence-corrected chi connectivity index (χ0v) is 20.6. The van der Waals surface area contributed by atoms with Crippen LogP contribution < -0.4 is 15.5 Å². The van der Waals surface area contributed by atoms with Gasteiger partial charge in [-0.1, -0.05) is 44.1 Å². The van der Waals surface area contributed by atoms with Gasteiger partial charge in [0.15, 0.2) is 0 Å². The van der Waals surface area contributed by atoms with Gasteiger partial charge in [-0.3, -0.25) is 9.78 Å². The summed E-state index contributed by atoms with van der Waals surface area (Å²) in [7, 11) is 0. The Bertz CT molecular complexity index is 1240. The number of pyridine rings is 1. The number of anilines is 1. The summed E-state index contributed by atoms with van der Waals surface area (Å²) < 4.78 is 45.1. The first kappa shape index (κ1) is 25.6. The van der Waals surface area contributed by atoms with Crippen LogP contribution in [0.5, 0.6) is 0 Å². The topological polar surface area (TPSA) is 96.2 Å². The molecule has 1 aliphatic heterocycles. The van der Waals surface area contributed by atoms with Gasteiger partial charge in [0, 0.05) is 43.4 Å². The zero-order chi connectivity index (χ0) is 26.1. The molecule has 192 valence electrons. The molecule has 1 aliphatic rings. The molecule has 2 aromatic heterocycles. The Morgan fingerprint density at radius 3 is 2.69 bits per heavy atom. The highest BCUT2D eigenvalue weighted by Gasteiger charge is 2.42. The van der Waals surface area contributed by atoms with E-state index in [0.29, 0.717) is 18.1 Å². The van der Waals surface area contributed by atoms with E-state index in [2.05, 4.69) is 25.8 Å². The van der Waals surface area contributed by atoms with Gasteiger partial charge in [-0.2, -0.15) is 18.2 Å².